The first-order chi connectivity index (χ1) is 14.2. The van der Waals surface area contributed by atoms with Crippen molar-refractivity contribution in [1.82, 2.24) is 30.3 Å². The summed E-state index contributed by atoms with van der Waals surface area (Å²) in [5, 5.41) is 10.7. The SMILES string of the molecule is CN=C(NCCCCN1CCN(c2cccc(C)c2)CC1)NCc1ncnn1C.I. The van der Waals surface area contributed by atoms with E-state index in [-0.39, 0.29) is 24.0 Å². The number of aliphatic imine (C=N–C) groups is 1. The first-order valence-electron chi connectivity index (χ1n) is 10.5. The van der Waals surface area contributed by atoms with Gasteiger partial charge >= 0.3 is 0 Å². The van der Waals surface area contributed by atoms with Crippen molar-refractivity contribution in [2.24, 2.45) is 12.0 Å². The maximum atomic E-state index is 4.27. The molecule has 9 heteroatoms. The molecule has 0 aliphatic carbocycles. The highest BCUT2D eigenvalue weighted by Crippen LogP contribution is 2.17. The second-order valence-corrected chi connectivity index (χ2v) is 7.53. The Morgan fingerprint density at radius 1 is 1.13 bits per heavy atom. The number of nitrogens with one attached hydrogen (secondary N) is 2. The smallest absolute Gasteiger partial charge is 0.191 e. The maximum Gasteiger partial charge on any atom is 0.191 e. The summed E-state index contributed by atoms with van der Waals surface area (Å²) in [7, 11) is 3.68. The first kappa shape index (κ1) is 24.4. The number of anilines is 1. The predicted octanol–water partition coefficient (Wildman–Crippen LogP) is 2.01. The third kappa shape index (κ3) is 7.42. The van der Waals surface area contributed by atoms with Crippen LogP contribution < -0.4 is 15.5 Å². The zero-order valence-electron chi connectivity index (χ0n) is 18.3. The summed E-state index contributed by atoms with van der Waals surface area (Å²) in [4.78, 5) is 13.6. The fraction of sp³-hybridized carbons (Fsp3) is 0.571. The van der Waals surface area contributed by atoms with Crippen molar-refractivity contribution < 1.29 is 0 Å². The number of hydrogen-bond acceptors (Lipinski definition) is 5. The summed E-state index contributed by atoms with van der Waals surface area (Å²) in [6.07, 6.45) is 3.88. The third-order valence-electron chi connectivity index (χ3n) is 5.38. The number of hydrogen-bond donors (Lipinski definition) is 2. The highest BCUT2D eigenvalue weighted by atomic mass is 127. The van der Waals surface area contributed by atoms with Crippen molar-refractivity contribution in [2.75, 3.05) is 51.2 Å². The molecule has 0 atom stereocenters. The zero-order valence-corrected chi connectivity index (χ0v) is 20.7. The lowest BCUT2D eigenvalue weighted by molar-refractivity contribution is 0.253. The summed E-state index contributed by atoms with van der Waals surface area (Å²) in [5.41, 5.74) is 2.69. The number of aromatic nitrogens is 3. The zero-order chi connectivity index (χ0) is 20.5. The molecule has 8 nitrogen and oxygen atoms in total. The molecular formula is C21H35IN8. The summed E-state index contributed by atoms with van der Waals surface area (Å²) < 4.78 is 1.76. The second kappa shape index (κ2) is 12.7. The van der Waals surface area contributed by atoms with Crippen LogP contribution in [-0.2, 0) is 13.6 Å². The van der Waals surface area contributed by atoms with Crippen molar-refractivity contribution in [1.29, 1.82) is 0 Å². The molecule has 30 heavy (non-hydrogen) atoms. The van der Waals surface area contributed by atoms with E-state index in [1.165, 1.54) is 17.7 Å². The van der Waals surface area contributed by atoms with Gasteiger partial charge < -0.3 is 15.5 Å². The van der Waals surface area contributed by atoms with Crippen LogP contribution in [0.15, 0.2) is 35.6 Å². The lowest BCUT2D eigenvalue weighted by Gasteiger charge is -2.36. The van der Waals surface area contributed by atoms with Gasteiger partial charge in [-0.25, -0.2) is 4.98 Å². The van der Waals surface area contributed by atoms with Gasteiger partial charge in [0, 0.05) is 52.5 Å². The molecule has 1 aromatic heterocycles. The highest BCUT2D eigenvalue weighted by molar-refractivity contribution is 14.0. The van der Waals surface area contributed by atoms with E-state index in [0.29, 0.717) is 6.54 Å². The van der Waals surface area contributed by atoms with E-state index in [1.807, 2.05) is 7.05 Å². The molecule has 0 spiro atoms. The van der Waals surface area contributed by atoms with Crippen LogP contribution in [0, 0.1) is 6.92 Å². The normalized spacial score (nSPS) is 15.0. The lowest BCUT2D eigenvalue weighted by Crippen LogP contribution is -2.46. The Kier molecular flexibility index (Phi) is 10.4. The van der Waals surface area contributed by atoms with Crippen LogP contribution in [-0.4, -0.2) is 71.9 Å². The Hall–Kier alpha value is -1.88. The number of unbranched alkanes of at least 4 members (excludes halogenated alkanes) is 1. The summed E-state index contributed by atoms with van der Waals surface area (Å²) in [5.74, 6) is 1.69. The van der Waals surface area contributed by atoms with Crippen molar-refractivity contribution in [2.45, 2.75) is 26.3 Å². The van der Waals surface area contributed by atoms with Crippen molar-refractivity contribution >= 4 is 35.6 Å². The predicted molar refractivity (Wildman–Crippen MR) is 134 cm³/mol. The molecule has 1 aromatic carbocycles. The Morgan fingerprint density at radius 2 is 1.93 bits per heavy atom. The molecule has 2 aromatic rings. The molecule has 1 aliphatic heterocycles. The Balaban J connectivity index is 0.00000320. The molecule has 1 aliphatic rings. The van der Waals surface area contributed by atoms with Crippen LogP contribution in [0.3, 0.4) is 0 Å². The number of piperazine rings is 1. The molecule has 2 N–H and O–H groups in total. The van der Waals surface area contributed by atoms with Crippen molar-refractivity contribution in [3.05, 3.63) is 42.0 Å². The van der Waals surface area contributed by atoms with E-state index in [1.54, 1.807) is 18.1 Å². The fourth-order valence-corrected chi connectivity index (χ4v) is 3.59. The van der Waals surface area contributed by atoms with E-state index < -0.39 is 0 Å². The van der Waals surface area contributed by atoms with Crippen LogP contribution in [0.2, 0.25) is 0 Å². The first-order valence-corrected chi connectivity index (χ1v) is 10.5. The fourth-order valence-electron chi connectivity index (χ4n) is 3.59. The number of halogens is 1. The summed E-state index contributed by atoms with van der Waals surface area (Å²) in [6, 6.07) is 8.82. The minimum absolute atomic E-state index is 0. The van der Waals surface area contributed by atoms with Gasteiger partial charge in [0.25, 0.3) is 0 Å². The van der Waals surface area contributed by atoms with Gasteiger partial charge in [-0.05, 0) is 44.0 Å². The molecule has 0 bridgehead atoms. The maximum absolute atomic E-state index is 4.27. The van der Waals surface area contributed by atoms with Crippen LogP contribution in [0.4, 0.5) is 5.69 Å². The second-order valence-electron chi connectivity index (χ2n) is 7.53. The number of rotatable bonds is 8. The molecule has 0 amide bonds. The van der Waals surface area contributed by atoms with Gasteiger partial charge in [0.2, 0.25) is 0 Å². The van der Waals surface area contributed by atoms with Gasteiger partial charge in [0.05, 0.1) is 6.54 Å². The molecule has 0 unspecified atom stereocenters. The average molecular weight is 526 g/mol. The van der Waals surface area contributed by atoms with E-state index in [9.17, 15) is 0 Å². The van der Waals surface area contributed by atoms with E-state index in [2.05, 4.69) is 66.7 Å². The number of guanidine groups is 1. The molecule has 0 radical (unpaired) electrons. The topological polar surface area (TPSA) is 73.6 Å². The molecule has 1 fully saturated rings. The Bertz CT molecular complexity index is 783. The van der Waals surface area contributed by atoms with E-state index >= 15 is 0 Å². The van der Waals surface area contributed by atoms with Gasteiger partial charge in [0.15, 0.2) is 5.96 Å². The molecule has 1 saturated heterocycles. The van der Waals surface area contributed by atoms with Crippen molar-refractivity contribution in [3.8, 4) is 0 Å². The number of nitrogens with zero attached hydrogens (tertiary/aromatic N) is 6. The van der Waals surface area contributed by atoms with Gasteiger partial charge in [-0.1, -0.05) is 12.1 Å². The van der Waals surface area contributed by atoms with Crippen molar-refractivity contribution in [3.63, 3.8) is 0 Å². The van der Waals surface area contributed by atoms with Crippen LogP contribution in [0.5, 0.6) is 0 Å². The minimum Gasteiger partial charge on any atom is -0.369 e. The number of aryl methyl sites for hydroxylation is 2. The van der Waals surface area contributed by atoms with Crippen LogP contribution in [0.1, 0.15) is 24.2 Å². The molecular weight excluding hydrogens is 491 g/mol. The molecule has 166 valence electrons. The largest absolute Gasteiger partial charge is 0.369 e. The van der Waals surface area contributed by atoms with Gasteiger partial charge in [0.1, 0.15) is 12.2 Å². The quantitative estimate of drug-likeness (QED) is 0.237. The van der Waals surface area contributed by atoms with Crippen LogP contribution >= 0.6 is 24.0 Å². The Morgan fingerprint density at radius 3 is 2.60 bits per heavy atom. The Labute approximate surface area is 197 Å². The van der Waals surface area contributed by atoms with Gasteiger partial charge in [-0.2, -0.15) is 5.10 Å². The standard InChI is InChI=1S/C21H34N8.HI/c1-18-7-6-8-19(15-18)29-13-11-28(12-14-29)10-5-4-9-23-21(22-2)24-16-20-25-17-26-27(20)3;/h6-8,15,17H,4-5,9-14,16H2,1-3H3,(H2,22,23,24);1H. The molecule has 0 saturated carbocycles. The van der Waals surface area contributed by atoms with Gasteiger partial charge in [-0.15, -0.1) is 24.0 Å². The lowest BCUT2D eigenvalue weighted by atomic mass is 10.2. The third-order valence-corrected chi connectivity index (χ3v) is 5.38. The van der Waals surface area contributed by atoms with Gasteiger partial charge in [-0.3, -0.25) is 14.6 Å². The summed E-state index contributed by atoms with van der Waals surface area (Å²) >= 11 is 0. The average Bonchev–Trinajstić information content (AvgIpc) is 3.15. The summed E-state index contributed by atoms with van der Waals surface area (Å²) in [6.45, 7) is 9.36. The van der Waals surface area contributed by atoms with Crippen LogP contribution in [0.25, 0.3) is 0 Å². The monoisotopic (exact) mass is 526 g/mol. The van der Waals surface area contributed by atoms with E-state index in [0.717, 1.165) is 57.5 Å². The number of benzene rings is 1. The molecule has 3 rings (SSSR count). The van der Waals surface area contributed by atoms with E-state index in [4.69, 9.17) is 0 Å². The molecule has 2 heterocycles. The highest BCUT2D eigenvalue weighted by Gasteiger charge is 2.16. The minimum atomic E-state index is 0.